The second kappa shape index (κ2) is 11.5. The molecule has 0 saturated carbocycles. The number of aromatic nitrogens is 2. The average Bonchev–Trinajstić information content (AvgIpc) is 3.01. The Bertz CT molecular complexity index is 1530. The van der Waals surface area contributed by atoms with E-state index in [0.717, 1.165) is 53.2 Å². The van der Waals surface area contributed by atoms with Crippen molar-refractivity contribution in [3.05, 3.63) is 108 Å². The number of nitrogens with zero attached hydrogens (tertiary/aromatic N) is 2. The fraction of sp³-hybridized carbons (Fsp3) is 0.235. The van der Waals surface area contributed by atoms with E-state index < -0.39 is 6.23 Å². The van der Waals surface area contributed by atoms with Gasteiger partial charge in [0.2, 0.25) is 0 Å². The molecule has 0 aliphatic heterocycles. The Morgan fingerprint density at radius 2 is 1.62 bits per heavy atom. The smallest absolute Gasteiger partial charge is 0.156 e. The zero-order valence-corrected chi connectivity index (χ0v) is 22.3. The average molecular weight is 515 g/mol. The first-order valence-corrected chi connectivity index (χ1v) is 13.8. The summed E-state index contributed by atoms with van der Waals surface area (Å²) >= 11 is 0. The van der Waals surface area contributed by atoms with Crippen molar-refractivity contribution >= 4 is 11.6 Å². The molecule has 0 saturated heterocycles. The quantitative estimate of drug-likeness (QED) is 0.204. The van der Waals surface area contributed by atoms with E-state index in [0.29, 0.717) is 0 Å². The lowest BCUT2D eigenvalue weighted by Crippen LogP contribution is -2.37. The molecule has 2 atom stereocenters. The van der Waals surface area contributed by atoms with Gasteiger partial charge in [-0.05, 0) is 72.1 Å². The van der Waals surface area contributed by atoms with Crippen molar-refractivity contribution in [3.8, 4) is 33.6 Å². The van der Waals surface area contributed by atoms with Gasteiger partial charge >= 0.3 is 0 Å². The lowest BCUT2D eigenvalue weighted by Gasteiger charge is -2.25. The van der Waals surface area contributed by atoms with Crippen LogP contribution in [0.25, 0.3) is 45.3 Å². The number of fused-ring (bicyclic) bond motifs is 1. The van der Waals surface area contributed by atoms with Crippen molar-refractivity contribution in [2.75, 3.05) is 7.05 Å². The molecule has 0 radical (unpaired) electrons. The van der Waals surface area contributed by atoms with Crippen LogP contribution >= 0.6 is 0 Å². The highest BCUT2D eigenvalue weighted by Gasteiger charge is 2.21. The van der Waals surface area contributed by atoms with Crippen molar-refractivity contribution in [2.24, 2.45) is 11.7 Å². The Morgan fingerprint density at radius 1 is 0.846 bits per heavy atom. The van der Waals surface area contributed by atoms with Crippen LogP contribution < -0.4 is 11.2 Å². The van der Waals surface area contributed by atoms with Crippen LogP contribution in [-0.2, 0) is 11.3 Å². The van der Waals surface area contributed by atoms with Gasteiger partial charge in [0.15, 0.2) is 5.82 Å². The van der Waals surface area contributed by atoms with Gasteiger partial charge in [0.05, 0.1) is 11.4 Å². The van der Waals surface area contributed by atoms with Crippen LogP contribution in [-0.4, -0.2) is 23.2 Å². The molecule has 196 valence electrons. The van der Waals surface area contributed by atoms with Crippen LogP contribution in [0.3, 0.4) is 0 Å². The topological polar surface area (TPSA) is 73.1 Å². The van der Waals surface area contributed by atoms with E-state index in [9.17, 15) is 0 Å². The van der Waals surface area contributed by atoms with Gasteiger partial charge in [-0.1, -0.05) is 85.0 Å². The lowest BCUT2D eigenvalue weighted by molar-refractivity contribution is -0.0302. The molecule has 6 rings (SSSR count). The Morgan fingerprint density at radius 3 is 2.41 bits per heavy atom. The molecule has 4 aromatic rings. The first kappa shape index (κ1) is 25.4. The van der Waals surface area contributed by atoms with Gasteiger partial charge in [0, 0.05) is 24.1 Å². The van der Waals surface area contributed by atoms with Crippen molar-refractivity contribution in [1.29, 1.82) is 0 Å². The highest BCUT2D eigenvalue weighted by atomic mass is 16.7. The van der Waals surface area contributed by atoms with Crippen molar-refractivity contribution < 1.29 is 4.84 Å². The minimum Gasteiger partial charge on any atom is -0.304 e. The number of benzene rings is 3. The molecule has 39 heavy (non-hydrogen) atoms. The second-order valence-corrected chi connectivity index (χ2v) is 10.3. The van der Waals surface area contributed by atoms with Crippen LogP contribution in [0.4, 0.5) is 0 Å². The molecule has 0 fully saturated rings. The van der Waals surface area contributed by atoms with Crippen LogP contribution in [0, 0.1) is 5.92 Å². The molecule has 1 aromatic heterocycles. The van der Waals surface area contributed by atoms with Crippen LogP contribution in [0.5, 0.6) is 0 Å². The number of hydrogen-bond donors (Lipinski definition) is 2. The summed E-state index contributed by atoms with van der Waals surface area (Å²) in [5, 5.41) is 0. The first-order valence-electron chi connectivity index (χ1n) is 13.8. The number of rotatable bonds is 7. The minimum absolute atomic E-state index is 0.122. The zero-order valence-electron chi connectivity index (χ0n) is 22.3. The van der Waals surface area contributed by atoms with Crippen LogP contribution in [0.15, 0.2) is 91.0 Å². The van der Waals surface area contributed by atoms with Crippen LogP contribution in [0.2, 0.25) is 0 Å². The Kier molecular flexibility index (Phi) is 7.46. The largest absolute Gasteiger partial charge is 0.304 e. The number of allylic oxidation sites excluding steroid dienone is 2. The second-order valence-electron chi connectivity index (χ2n) is 10.3. The maximum atomic E-state index is 6.22. The van der Waals surface area contributed by atoms with E-state index >= 15 is 0 Å². The summed E-state index contributed by atoms with van der Waals surface area (Å²) in [5.74, 6) is 0.972. The van der Waals surface area contributed by atoms with E-state index in [1.807, 2.05) is 6.07 Å². The lowest BCUT2D eigenvalue weighted by atomic mass is 9.86. The van der Waals surface area contributed by atoms with E-state index in [4.69, 9.17) is 20.5 Å². The highest BCUT2D eigenvalue weighted by molar-refractivity contribution is 5.76. The van der Waals surface area contributed by atoms with Crippen molar-refractivity contribution in [1.82, 2.24) is 15.4 Å². The third-order valence-corrected chi connectivity index (χ3v) is 7.66. The van der Waals surface area contributed by atoms with Gasteiger partial charge in [-0.15, -0.1) is 0 Å². The summed E-state index contributed by atoms with van der Waals surface area (Å²) in [7, 11) is 1.74. The molecule has 0 spiro atoms. The fourth-order valence-electron chi connectivity index (χ4n) is 5.52. The maximum Gasteiger partial charge on any atom is 0.156 e. The van der Waals surface area contributed by atoms with E-state index in [2.05, 4.69) is 96.5 Å². The van der Waals surface area contributed by atoms with Crippen molar-refractivity contribution in [3.63, 3.8) is 0 Å². The number of nitrogens with one attached hydrogen (secondary N) is 1. The molecule has 5 nitrogen and oxygen atoms in total. The Balaban J connectivity index is 1.36. The third-order valence-electron chi connectivity index (χ3n) is 7.66. The molecular weight excluding hydrogens is 480 g/mol. The summed E-state index contributed by atoms with van der Waals surface area (Å²) in [6.07, 6.45) is 11.6. The van der Waals surface area contributed by atoms with E-state index in [1.165, 1.54) is 35.1 Å². The van der Waals surface area contributed by atoms with Gasteiger partial charge < -0.3 is 5.73 Å². The fourth-order valence-corrected chi connectivity index (χ4v) is 5.52. The standard InChI is InChI=1S/C34H34N4O/c1-36-39-33(35)29-18-16-23-15-17-27(20-30(23)21-29)26-13-8-14-28(19-26)32-22-31(24-9-4-2-5-10-24)37-34(38-32)25-11-6-3-7-12-25/h2,4-5,8-11,13-20,22,29,33,36H,3,6-7,12,21,35H2,1H3. The predicted octanol–water partition coefficient (Wildman–Crippen LogP) is 7.06. The maximum absolute atomic E-state index is 6.22. The number of hydroxylamine groups is 1. The van der Waals surface area contributed by atoms with E-state index in [-0.39, 0.29) is 5.92 Å². The molecule has 2 aliphatic rings. The van der Waals surface area contributed by atoms with Gasteiger partial charge in [0.25, 0.3) is 0 Å². The summed E-state index contributed by atoms with van der Waals surface area (Å²) < 4.78 is 0. The monoisotopic (exact) mass is 514 g/mol. The number of nitrogens with two attached hydrogens (primary N) is 1. The third kappa shape index (κ3) is 5.62. The number of hydrogen-bond acceptors (Lipinski definition) is 5. The molecule has 3 aromatic carbocycles. The van der Waals surface area contributed by atoms with Gasteiger partial charge in [-0.3, -0.25) is 4.84 Å². The molecule has 1 heterocycles. The molecule has 2 unspecified atom stereocenters. The summed E-state index contributed by atoms with van der Waals surface area (Å²) in [6, 6.07) is 27.8. The highest BCUT2D eigenvalue weighted by Crippen LogP contribution is 2.33. The normalized spacial score (nSPS) is 17.4. The molecule has 3 N–H and O–H groups in total. The Hall–Kier alpha value is -3.90. The summed E-state index contributed by atoms with van der Waals surface area (Å²) in [6.45, 7) is 0. The predicted molar refractivity (Wildman–Crippen MR) is 159 cm³/mol. The van der Waals surface area contributed by atoms with Crippen LogP contribution in [0.1, 0.15) is 42.6 Å². The molecule has 5 heteroatoms. The SMILES string of the molecule is CNOC(N)C1C=Cc2ccc(-c3cccc(-c4cc(-c5ccccc5)nc(C5=CCCCC5)n4)c3)cc2C1. The van der Waals surface area contributed by atoms with E-state index in [1.54, 1.807) is 7.05 Å². The summed E-state index contributed by atoms with van der Waals surface area (Å²) in [5.41, 5.74) is 19.1. The molecule has 0 amide bonds. The van der Waals surface area contributed by atoms with Gasteiger partial charge in [-0.25, -0.2) is 15.4 Å². The molecule has 2 aliphatic carbocycles. The van der Waals surface area contributed by atoms with Crippen molar-refractivity contribution in [2.45, 2.75) is 38.3 Å². The first-order chi connectivity index (χ1) is 19.2. The molecule has 0 bridgehead atoms. The minimum atomic E-state index is -0.392. The van der Waals surface area contributed by atoms with Gasteiger partial charge in [-0.2, -0.15) is 0 Å². The Labute approximate surface area is 230 Å². The molecular formula is C34H34N4O. The zero-order chi connectivity index (χ0) is 26.6. The summed E-state index contributed by atoms with van der Waals surface area (Å²) in [4.78, 5) is 15.5. The van der Waals surface area contributed by atoms with Gasteiger partial charge in [0.1, 0.15) is 6.23 Å².